The molecule has 0 radical (unpaired) electrons. The number of nitrogens with one attached hydrogen (secondary N) is 3. The van der Waals surface area contributed by atoms with E-state index in [-0.39, 0.29) is 25.4 Å². The first-order valence-corrected chi connectivity index (χ1v) is 9.55. The molecule has 0 aliphatic rings. The SMILES string of the molecule is Cc1cc(C#Cc2ccc(C(=O)N[C@@H](CCN)C(=O)NO)cc2)ccc1NC(=O)CN. The summed E-state index contributed by atoms with van der Waals surface area (Å²) in [7, 11) is 0. The van der Waals surface area contributed by atoms with Crippen molar-refractivity contribution in [1.82, 2.24) is 10.8 Å². The van der Waals surface area contributed by atoms with E-state index in [2.05, 4.69) is 22.5 Å². The van der Waals surface area contributed by atoms with Crippen molar-refractivity contribution in [3.63, 3.8) is 0 Å². The first-order chi connectivity index (χ1) is 14.9. The molecular formula is C22H25N5O4. The third-order valence-corrected chi connectivity index (χ3v) is 4.37. The Balaban J connectivity index is 2.07. The summed E-state index contributed by atoms with van der Waals surface area (Å²) in [5.74, 6) is 4.58. The number of carbonyl (C=O) groups is 3. The number of hydrogen-bond acceptors (Lipinski definition) is 6. The average molecular weight is 423 g/mol. The summed E-state index contributed by atoms with van der Waals surface area (Å²) in [5, 5.41) is 14.0. The van der Waals surface area contributed by atoms with Gasteiger partial charge in [-0.1, -0.05) is 11.8 Å². The predicted octanol–water partition coefficient (Wildman–Crippen LogP) is 0.245. The quantitative estimate of drug-likeness (QED) is 0.213. The van der Waals surface area contributed by atoms with Crippen molar-refractivity contribution < 1.29 is 19.6 Å². The molecule has 0 fully saturated rings. The van der Waals surface area contributed by atoms with E-state index in [1.807, 2.05) is 13.0 Å². The van der Waals surface area contributed by atoms with Crippen LogP contribution in [0.4, 0.5) is 5.69 Å². The lowest BCUT2D eigenvalue weighted by atomic mass is 10.1. The summed E-state index contributed by atoms with van der Waals surface area (Å²) in [5.41, 5.74) is 15.6. The van der Waals surface area contributed by atoms with Crippen LogP contribution in [-0.4, -0.2) is 42.1 Å². The molecule has 0 aliphatic heterocycles. The summed E-state index contributed by atoms with van der Waals surface area (Å²) in [6.07, 6.45) is 0.190. The van der Waals surface area contributed by atoms with E-state index in [0.29, 0.717) is 16.8 Å². The van der Waals surface area contributed by atoms with Crippen LogP contribution in [0.1, 0.15) is 33.5 Å². The van der Waals surface area contributed by atoms with Gasteiger partial charge in [-0.3, -0.25) is 19.6 Å². The third-order valence-electron chi connectivity index (χ3n) is 4.37. The second-order valence-corrected chi connectivity index (χ2v) is 6.69. The zero-order chi connectivity index (χ0) is 22.8. The molecule has 0 saturated carbocycles. The van der Waals surface area contributed by atoms with Crippen molar-refractivity contribution >= 4 is 23.4 Å². The standard InChI is InChI=1S/C22H25N5O4/c1-14-12-16(6-9-18(14)25-20(28)13-24)3-2-15-4-7-17(8-5-15)21(29)26-19(10-11-23)22(30)27-31/h4-9,12,19,31H,10-11,13,23-24H2,1H3,(H,25,28)(H,26,29)(H,27,30)/t19-/m0/s1. The van der Waals surface area contributed by atoms with E-state index >= 15 is 0 Å². The maximum absolute atomic E-state index is 12.3. The van der Waals surface area contributed by atoms with Crippen LogP contribution in [-0.2, 0) is 9.59 Å². The maximum atomic E-state index is 12.3. The highest BCUT2D eigenvalue weighted by molar-refractivity contribution is 5.97. The molecule has 2 aromatic carbocycles. The van der Waals surface area contributed by atoms with Gasteiger partial charge in [0.05, 0.1) is 6.54 Å². The van der Waals surface area contributed by atoms with Gasteiger partial charge in [0, 0.05) is 22.4 Å². The smallest absolute Gasteiger partial charge is 0.265 e. The van der Waals surface area contributed by atoms with Crippen LogP contribution in [0.3, 0.4) is 0 Å². The Labute approximate surface area is 180 Å². The molecule has 0 unspecified atom stereocenters. The molecule has 162 valence electrons. The number of hydrogen-bond donors (Lipinski definition) is 6. The molecule has 9 heteroatoms. The highest BCUT2D eigenvalue weighted by atomic mass is 16.5. The van der Waals surface area contributed by atoms with E-state index in [1.165, 1.54) is 5.48 Å². The van der Waals surface area contributed by atoms with E-state index in [4.69, 9.17) is 16.7 Å². The van der Waals surface area contributed by atoms with E-state index < -0.39 is 17.9 Å². The van der Waals surface area contributed by atoms with Gasteiger partial charge in [-0.15, -0.1) is 0 Å². The van der Waals surface area contributed by atoms with Crippen molar-refractivity contribution in [2.45, 2.75) is 19.4 Å². The molecular weight excluding hydrogens is 398 g/mol. The normalized spacial score (nSPS) is 11.0. The van der Waals surface area contributed by atoms with Gasteiger partial charge in [0.25, 0.3) is 11.8 Å². The van der Waals surface area contributed by atoms with Crippen LogP contribution in [0.2, 0.25) is 0 Å². The molecule has 0 bridgehead atoms. The van der Waals surface area contributed by atoms with E-state index in [0.717, 1.165) is 11.1 Å². The molecule has 2 aromatic rings. The average Bonchev–Trinajstić information content (AvgIpc) is 2.78. The van der Waals surface area contributed by atoms with Crippen LogP contribution in [0, 0.1) is 18.8 Å². The van der Waals surface area contributed by atoms with Crippen LogP contribution in [0.15, 0.2) is 42.5 Å². The fourth-order valence-electron chi connectivity index (χ4n) is 2.69. The first kappa shape index (κ1) is 23.6. The third kappa shape index (κ3) is 6.94. The summed E-state index contributed by atoms with van der Waals surface area (Å²) in [4.78, 5) is 35.3. The van der Waals surface area contributed by atoms with E-state index in [1.54, 1.807) is 36.4 Å². The molecule has 0 saturated heterocycles. The Morgan fingerprint density at radius 1 is 1.03 bits per heavy atom. The lowest BCUT2D eigenvalue weighted by Crippen LogP contribution is -2.46. The predicted molar refractivity (Wildman–Crippen MR) is 116 cm³/mol. The van der Waals surface area contributed by atoms with Gasteiger partial charge in [-0.25, -0.2) is 5.48 Å². The highest BCUT2D eigenvalue weighted by Crippen LogP contribution is 2.16. The Bertz CT molecular complexity index is 1010. The van der Waals surface area contributed by atoms with Crippen molar-refractivity contribution in [3.8, 4) is 11.8 Å². The van der Waals surface area contributed by atoms with Crippen molar-refractivity contribution in [2.24, 2.45) is 11.5 Å². The summed E-state index contributed by atoms with van der Waals surface area (Å²) >= 11 is 0. The lowest BCUT2D eigenvalue weighted by molar-refractivity contribution is -0.131. The van der Waals surface area contributed by atoms with Gasteiger partial charge < -0.3 is 22.1 Å². The van der Waals surface area contributed by atoms with Crippen LogP contribution < -0.4 is 27.6 Å². The molecule has 0 aliphatic carbocycles. The number of anilines is 1. The Kier molecular flexibility index (Phi) is 8.72. The molecule has 0 spiro atoms. The number of aryl methyl sites for hydroxylation is 1. The number of hydroxylamine groups is 1. The first-order valence-electron chi connectivity index (χ1n) is 9.55. The molecule has 0 aromatic heterocycles. The molecule has 3 amide bonds. The Hall–Kier alpha value is -3.71. The summed E-state index contributed by atoms with van der Waals surface area (Å²) in [6.45, 7) is 1.95. The fraction of sp³-hybridized carbons (Fsp3) is 0.227. The van der Waals surface area contributed by atoms with Crippen molar-refractivity contribution in [3.05, 3.63) is 64.7 Å². The van der Waals surface area contributed by atoms with Crippen LogP contribution in [0.25, 0.3) is 0 Å². The summed E-state index contributed by atoms with van der Waals surface area (Å²) < 4.78 is 0. The molecule has 31 heavy (non-hydrogen) atoms. The second-order valence-electron chi connectivity index (χ2n) is 6.69. The Morgan fingerprint density at radius 2 is 1.68 bits per heavy atom. The number of amides is 3. The number of rotatable bonds is 7. The van der Waals surface area contributed by atoms with Crippen LogP contribution >= 0.6 is 0 Å². The molecule has 9 nitrogen and oxygen atoms in total. The van der Waals surface area contributed by atoms with Crippen molar-refractivity contribution in [2.75, 3.05) is 18.4 Å². The minimum absolute atomic E-state index is 0.0860. The van der Waals surface area contributed by atoms with Gasteiger partial charge in [0.2, 0.25) is 5.91 Å². The molecule has 0 heterocycles. The highest BCUT2D eigenvalue weighted by Gasteiger charge is 2.20. The van der Waals surface area contributed by atoms with Gasteiger partial charge in [-0.05, 0) is 67.9 Å². The molecule has 2 rings (SSSR count). The maximum Gasteiger partial charge on any atom is 0.265 e. The summed E-state index contributed by atoms with van der Waals surface area (Å²) in [6, 6.07) is 11.0. The zero-order valence-electron chi connectivity index (χ0n) is 17.1. The second kappa shape index (κ2) is 11.5. The van der Waals surface area contributed by atoms with Gasteiger partial charge in [-0.2, -0.15) is 0 Å². The number of nitrogens with two attached hydrogens (primary N) is 2. The van der Waals surface area contributed by atoms with Crippen molar-refractivity contribution in [1.29, 1.82) is 0 Å². The number of benzene rings is 2. The largest absolute Gasteiger partial charge is 0.340 e. The Morgan fingerprint density at radius 3 is 2.26 bits per heavy atom. The zero-order valence-corrected chi connectivity index (χ0v) is 17.1. The topological polar surface area (TPSA) is 160 Å². The van der Waals surface area contributed by atoms with Gasteiger partial charge in [0.15, 0.2) is 0 Å². The van der Waals surface area contributed by atoms with E-state index in [9.17, 15) is 14.4 Å². The van der Waals surface area contributed by atoms with Gasteiger partial charge >= 0.3 is 0 Å². The minimum Gasteiger partial charge on any atom is -0.340 e. The molecule has 8 N–H and O–H groups in total. The minimum atomic E-state index is -0.928. The monoisotopic (exact) mass is 423 g/mol. The van der Waals surface area contributed by atoms with Crippen LogP contribution in [0.5, 0.6) is 0 Å². The molecule has 1 atom stereocenters. The number of carbonyl (C=O) groups excluding carboxylic acids is 3. The van der Waals surface area contributed by atoms with Gasteiger partial charge in [0.1, 0.15) is 6.04 Å². The fourth-order valence-corrected chi connectivity index (χ4v) is 2.69. The lowest BCUT2D eigenvalue weighted by Gasteiger charge is -2.15.